The van der Waals surface area contributed by atoms with Gasteiger partial charge in [-0.2, -0.15) is 0 Å². The average Bonchev–Trinajstić information content (AvgIpc) is 3.37. The van der Waals surface area contributed by atoms with E-state index >= 15 is 0 Å². The molecule has 12 N–H and O–H groups in total. The number of unbranched alkanes of at least 4 members (excludes halogenated alkanes) is 1. The summed E-state index contributed by atoms with van der Waals surface area (Å²) in [4.78, 5) is 142. The largest absolute Gasteiger partial charge is 0.481 e. The van der Waals surface area contributed by atoms with E-state index in [4.69, 9.17) is 5.11 Å². The predicted molar refractivity (Wildman–Crippen MR) is 276 cm³/mol. The van der Waals surface area contributed by atoms with Crippen LogP contribution in [0.5, 0.6) is 0 Å². The molecule has 0 aliphatic carbocycles. The molecule has 0 saturated heterocycles. The van der Waals surface area contributed by atoms with Crippen LogP contribution in [0.3, 0.4) is 0 Å². The van der Waals surface area contributed by atoms with Crippen molar-refractivity contribution in [3.05, 3.63) is 107 Å². The Morgan fingerprint density at radius 1 is 0.494 bits per heavy atom. The molecule has 25 heteroatoms. The molecule has 0 spiro atoms. The van der Waals surface area contributed by atoms with Crippen LogP contribution in [-0.2, 0) is 51.3 Å². The predicted octanol–water partition coefficient (Wildman–Crippen LogP) is 1.76. The minimum atomic E-state index is -1.58. The molecule has 25 nitrogen and oxygen atoms in total. The molecule has 4 aromatic rings. The van der Waals surface area contributed by atoms with Gasteiger partial charge in [0.25, 0.3) is 11.8 Å². The Labute approximate surface area is 441 Å². The van der Waals surface area contributed by atoms with Crippen molar-refractivity contribution in [2.45, 2.75) is 101 Å². The van der Waals surface area contributed by atoms with Crippen molar-refractivity contribution < 1.29 is 78.3 Å². The first-order chi connectivity index (χ1) is 36.4. The van der Waals surface area contributed by atoms with Gasteiger partial charge < -0.3 is 62.8 Å². The second kappa shape index (κ2) is 29.2. The van der Waals surface area contributed by atoms with Crippen molar-refractivity contribution >= 4 is 82.0 Å². The molecule has 0 aliphatic rings. The number of hydrogen-bond acceptors (Lipinski definition) is 12. The van der Waals surface area contributed by atoms with E-state index in [-0.39, 0.29) is 62.7 Å². The van der Waals surface area contributed by atoms with Gasteiger partial charge in [-0.25, -0.2) is 19.4 Å². The van der Waals surface area contributed by atoms with Crippen molar-refractivity contribution in [3.63, 3.8) is 0 Å². The van der Waals surface area contributed by atoms with Gasteiger partial charge in [0.1, 0.15) is 30.2 Å². The standard InChI is InChI=1S/C52H63N9O16/c1-61(2,3)41-21-17-35(29-54-41)46(69)56-37(19-23-43(64)65)49(72)57-36(18-22-42(62)63)47(70)55-28-30-11-15-33(16-12-30)45(68)58-40(27-31-13-14-32-8-4-5-9-34(32)26-31)48(71)53-25-7-6-10-38(50(73)74)59-52(77)60-39(51(75)76)20-24-44(66)67/h4-5,8-9,11-17,21,26,29,36-40H,6-7,10,18-20,22-25,27-28H2,1-3H3,(H11-,53,55,56,57,58,59,60,62,63,64,65,66,67,68,69,70,71,72,73,74,75,76,77)/p+1/t36-,37-,38-,39-,40-/m0/s1. The maximum atomic E-state index is 13.7. The lowest BCUT2D eigenvalue weighted by Crippen LogP contribution is -2.53. The van der Waals surface area contributed by atoms with Crippen LogP contribution in [0.2, 0.25) is 0 Å². The number of nitrogens with zero attached hydrogens (tertiary/aromatic N) is 2. The van der Waals surface area contributed by atoms with Gasteiger partial charge in [0.05, 0.1) is 26.7 Å². The van der Waals surface area contributed by atoms with Crippen LogP contribution < -0.4 is 41.7 Å². The van der Waals surface area contributed by atoms with Gasteiger partial charge in [0.15, 0.2) is 0 Å². The lowest BCUT2D eigenvalue weighted by atomic mass is 10.0. The number of nitrogens with one attached hydrogen (secondary N) is 7. The van der Waals surface area contributed by atoms with E-state index in [0.717, 1.165) is 10.8 Å². The minimum Gasteiger partial charge on any atom is -0.481 e. The van der Waals surface area contributed by atoms with E-state index in [1.807, 2.05) is 63.6 Å². The number of aromatic nitrogens is 1. The molecular formula is C52H64N9O16+. The molecular weight excluding hydrogens is 1010 g/mol. The van der Waals surface area contributed by atoms with E-state index in [2.05, 4.69) is 42.2 Å². The summed E-state index contributed by atoms with van der Waals surface area (Å²) in [5, 5.41) is 65.7. The molecule has 412 valence electrons. The van der Waals surface area contributed by atoms with Crippen LogP contribution in [0, 0.1) is 0 Å². The zero-order chi connectivity index (χ0) is 56.8. The van der Waals surface area contributed by atoms with E-state index in [9.17, 15) is 73.2 Å². The number of pyridine rings is 1. The van der Waals surface area contributed by atoms with Crippen molar-refractivity contribution in [3.8, 4) is 0 Å². The summed E-state index contributed by atoms with van der Waals surface area (Å²) in [5.74, 6) is -9.76. The van der Waals surface area contributed by atoms with Crippen LogP contribution >= 0.6 is 0 Å². The minimum absolute atomic E-state index is 0.0330. The molecule has 0 fully saturated rings. The molecule has 0 radical (unpaired) electrons. The van der Waals surface area contributed by atoms with Gasteiger partial charge >= 0.3 is 35.9 Å². The summed E-state index contributed by atoms with van der Waals surface area (Å²) in [6, 6.07) is 14.0. The lowest BCUT2D eigenvalue weighted by Gasteiger charge is -2.23. The van der Waals surface area contributed by atoms with E-state index in [1.165, 1.54) is 36.5 Å². The van der Waals surface area contributed by atoms with Crippen LogP contribution in [-0.4, -0.2) is 154 Å². The van der Waals surface area contributed by atoms with Crippen LogP contribution in [0.4, 0.5) is 10.6 Å². The normalized spacial score (nSPS) is 13.0. The number of carboxylic acids is 5. The SMILES string of the molecule is C[N+](C)(C)c1ccc(C(=O)N[C@@H](CCC(=O)O)C(=O)N[C@@H](CCC(=O)O)C(=O)NCc2ccc(C(=O)N[C@@H](Cc3ccc4ccccc4c3)C(=O)NCCCC[C@H](NC(=O)N[C@@H](CCC(=O)O)C(=O)O)C(=O)O)cc2)cn1. The molecule has 0 aliphatic heterocycles. The van der Waals surface area contributed by atoms with Gasteiger partial charge in [-0.3, -0.25) is 42.8 Å². The van der Waals surface area contributed by atoms with Gasteiger partial charge in [-0.1, -0.05) is 54.6 Å². The summed E-state index contributed by atoms with van der Waals surface area (Å²) in [6.07, 6.45) is -1.12. The highest BCUT2D eigenvalue weighted by Gasteiger charge is 2.30. The fourth-order valence-corrected chi connectivity index (χ4v) is 7.59. The van der Waals surface area contributed by atoms with Crippen LogP contribution in [0.15, 0.2) is 85.1 Å². The lowest BCUT2D eigenvalue weighted by molar-refractivity contribution is -0.141. The number of carboxylic acid groups (broad SMARTS) is 5. The Morgan fingerprint density at radius 2 is 1.00 bits per heavy atom. The first-order valence-corrected chi connectivity index (χ1v) is 24.4. The summed E-state index contributed by atoms with van der Waals surface area (Å²) in [5.41, 5.74) is 1.40. The second-order valence-electron chi connectivity index (χ2n) is 18.8. The molecule has 1 aromatic heterocycles. The number of aliphatic carboxylic acids is 5. The molecule has 0 unspecified atom stereocenters. The first kappa shape index (κ1) is 60.6. The molecule has 7 amide bonds. The van der Waals surface area contributed by atoms with Crippen molar-refractivity contribution in [2.75, 3.05) is 27.7 Å². The number of quaternary nitrogens is 1. The third kappa shape index (κ3) is 20.7. The Hall–Kier alpha value is -9.00. The summed E-state index contributed by atoms with van der Waals surface area (Å²) in [7, 11) is 5.61. The number of rotatable bonds is 31. The number of carbonyl (C=O) groups is 11. The monoisotopic (exact) mass is 1070 g/mol. The van der Waals surface area contributed by atoms with E-state index < -0.39 is 121 Å². The quantitative estimate of drug-likeness (QED) is 0.0252. The van der Waals surface area contributed by atoms with Crippen molar-refractivity contribution in [1.82, 2.24) is 46.7 Å². The molecule has 1 heterocycles. The maximum Gasteiger partial charge on any atom is 0.326 e. The molecule has 0 bridgehead atoms. The number of fused-ring (bicyclic) bond motifs is 1. The first-order valence-electron chi connectivity index (χ1n) is 24.4. The number of hydrogen-bond donors (Lipinski definition) is 12. The highest BCUT2D eigenvalue weighted by molar-refractivity contribution is 5.99. The number of urea groups is 1. The highest BCUT2D eigenvalue weighted by atomic mass is 16.4. The third-order valence-electron chi connectivity index (χ3n) is 11.9. The number of benzene rings is 3. The van der Waals surface area contributed by atoms with Crippen molar-refractivity contribution in [1.29, 1.82) is 0 Å². The Morgan fingerprint density at radius 3 is 1.56 bits per heavy atom. The summed E-state index contributed by atoms with van der Waals surface area (Å²) in [6.45, 7) is -0.121. The third-order valence-corrected chi connectivity index (χ3v) is 11.9. The zero-order valence-corrected chi connectivity index (χ0v) is 42.6. The Bertz CT molecular complexity index is 2780. The molecule has 4 rings (SSSR count). The van der Waals surface area contributed by atoms with Crippen molar-refractivity contribution in [2.24, 2.45) is 0 Å². The fourth-order valence-electron chi connectivity index (χ4n) is 7.59. The summed E-state index contributed by atoms with van der Waals surface area (Å²) >= 11 is 0. The van der Waals surface area contributed by atoms with E-state index in [1.54, 1.807) is 6.07 Å². The van der Waals surface area contributed by atoms with Gasteiger partial charge in [-0.05, 0) is 78.6 Å². The smallest absolute Gasteiger partial charge is 0.326 e. The maximum absolute atomic E-state index is 13.7. The van der Waals surface area contributed by atoms with Crippen LogP contribution in [0.25, 0.3) is 10.8 Å². The molecule has 5 atom stereocenters. The highest BCUT2D eigenvalue weighted by Crippen LogP contribution is 2.18. The number of amides is 7. The summed E-state index contributed by atoms with van der Waals surface area (Å²) < 4.78 is 0.356. The van der Waals surface area contributed by atoms with E-state index in [0.29, 0.717) is 21.4 Å². The molecule has 0 saturated carbocycles. The molecule has 3 aromatic carbocycles. The fraction of sp³-hybridized carbons (Fsp3) is 0.385. The number of carbonyl (C=O) groups excluding carboxylic acids is 6. The zero-order valence-electron chi connectivity index (χ0n) is 42.6. The Kier molecular flexibility index (Phi) is 23.0. The molecule has 77 heavy (non-hydrogen) atoms. The van der Waals surface area contributed by atoms with Crippen LogP contribution in [0.1, 0.15) is 89.6 Å². The van der Waals surface area contributed by atoms with Gasteiger partial charge in [0.2, 0.25) is 23.5 Å². The van der Waals surface area contributed by atoms with Gasteiger partial charge in [-0.15, -0.1) is 0 Å². The topological polar surface area (TPSA) is 386 Å². The second-order valence-corrected chi connectivity index (χ2v) is 18.8. The Balaban J connectivity index is 1.39. The average molecular weight is 1070 g/mol. The van der Waals surface area contributed by atoms with Gasteiger partial charge in [0, 0.05) is 56.6 Å².